The number of halogens is 1. The van der Waals surface area contributed by atoms with Crippen LogP contribution in [0.1, 0.15) is 5.56 Å². The SMILES string of the molecule is O=C1C2=Cc3ccccc3OCC2=NN1c1ccc(Cl)cc1. The standard InChI is InChI=1S/C17H11ClN2O2/c18-12-5-7-13(8-6-12)20-17(21)14-9-11-3-1-2-4-16(11)22-10-15(14)19-20/h1-9H,10H2. The minimum Gasteiger partial charge on any atom is -0.487 e. The molecule has 1 amide bonds. The van der Waals surface area contributed by atoms with E-state index in [1.807, 2.05) is 30.3 Å². The average Bonchev–Trinajstić information content (AvgIpc) is 2.74. The van der Waals surface area contributed by atoms with Crippen molar-refractivity contribution >= 4 is 35.0 Å². The number of nitrogens with zero attached hydrogens (tertiary/aromatic N) is 2. The number of hydrogen-bond donors (Lipinski definition) is 0. The second-order valence-corrected chi connectivity index (χ2v) is 5.46. The number of carbonyl (C=O) groups excluding carboxylic acids is 1. The van der Waals surface area contributed by atoms with Crippen LogP contribution >= 0.6 is 11.6 Å². The Bertz CT molecular complexity index is 825. The van der Waals surface area contributed by atoms with Crippen LogP contribution in [0.3, 0.4) is 0 Å². The molecule has 0 radical (unpaired) electrons. The summed E-state index contributed by atoms with van der Waals surface area (Å²) in [6.45, 7) is 0.276. The van der Waals surface area contributed by atoms with Crippen molar-refractivity contribution in [3.8, 4) is 5.75 Å². The van der Waals surface area contributed by atoms with E-state index in [4.69, 9.17) is 16.3 Å². The van der Waals surface area contributed by atoms with Gasteiger partial charge in [0.1, 0.15) is 18.1 Å². The number of hydrazone groups is 1. The molecule has 4 nitrogen and oxygen atoms in total. The predicted molar refractivity (Wildman–Crippen MR) is 86.3 cm³/mol. The summed E-state index contributed by atoms with van der Waals surface area (Å²) in [5, 5.41) is 6.40. The van der Waals surface area contributed by atoms with Gasteiger partial charge >= 0.3 is 0 Å². The number of ether oxygens (including phenoxy) is 1. The molecule has 0 aliphatic carbocycles. The van der Waals surface area contributed by atoms with E-state index in [1.165, 1.54) is 5.01 Å². The van der Waals surface area contributed by atoms with E-state index in [0.29, 0.717) is 22.0 Å². The molecule has 0 spiro atoms. The van der Waals surface area contributed by atoms with Crippen molar-refractivity contribution in [2.24, 2.45) is 5.10 Å². The summed E-state index contributed by atoms with van der Waals surface area (Å²) < 4.78 is 5.73. The van der Waals surface area contributed by atoms with E-state index < -0.39 is 0 Å². The third-order valence-corrected chi connectivity index (χ3v) is 3.86. The van der Waals surface area contributed by atoms with Gasteiger partial charge in [0.15, 0.2) is 0 Å². The van der Waals surface area contributed by atoms with Crippen molar-refractivity contribution in [2.75, 3.05) is 11.6 Å². The zero-order valence-electron chi connectivity index (χ0n) is 11.5. The minimum absolute atomic E-state index is 0.155. The molecule has 2 aromatic rings. The Balaban J connectivity index is 1.75. The molecule has 22 heavy (non-hydrogen) atoms. The van der Waals surface area contributed by atoms with Gasteiger partial charge in [-0.05, 0) is 36.4 Å². The van der Waals surface area contributed by atoms with E-state index in [2.05, 4.69) is 5.10 Å². The normalized spacial score (nSPS) is 16.2. The van der Waals surface area contributed by atoms with Crippen molar-refractivity contribution in [2.45, 2.75) is 0 Å². The first-order valence-electron chi connectivity index (χ1n) is 6.84. The lowest BCUT2D eigenvalue weighted by Crippen LogP contribution is -2.21. The number of rotatable bonds is 1. The van der Waals surface area contributed by atoms with Gasteiger partial charge in [-0.15, -0.1) is 0 Å². The second kappa shape index (κ2) is 5.00. The Kier molecular flexibility index (Phi) is 2.98. The number of hydrogen-bond acceptors (Lipinski definition) is 3. The second-order valence-electron chi connectivity index (χ2n) is 5.02. The summed E-state index contributed by atoms with van der Waals surface area (Å²) in [7, 11) is 0. The molecule has 0 atom stereocenters. The zero-order valence-corrected chi connectivity index (χ0v) is 12.2. The Labute approximate surface area is 132 Å². The van der Waals surface area contributed by atoms with Gasteiger partial charge in [0.25, 0.3) is 5.91 Å². The molecule has 2 aliphatic heterocycles. The maximum Gasteiger partial charge on any atom is 0.280 e. The van der Waals surface area contributed by atoms with Gasteiger partial charge in [-0.1, -0.05) is 29.8 Å². The zero-order chi connectivity index (χ0) is 15.1. The highest BCUT2D eigenvalue weighted by Crippen LogP contribution is 2.30. The van der Waals surface area contributed by atoms with Gasteiger partial charge in [-0.2, -0.15) is 10.1 Å². The molecule has 0 saturated heterocycles. The first-order chi connectivity index (χ1) is 10.7. The number of carbonyl (C=O) groups is 1. The molecule has 5 heteroatoms. The van der Waals surface area contributed by atoms with Gasteiger partial charge in [0.2, 0.25) is 0 Å². The van der Waals surface area contributed by atoms with Crippen molar-refractivity contribution < 1.29 is 9.53 Å². The molecule has 0 bridgehead atoms. The molecule has 2 aliphatic rings. The van der Waals surface area contributed by atoms with Crippen LogP contribution in [0.25, 0.3) is 6.08 Å². The molecule has 2 aromatic carbocycles. The summed E-state index contributed by atoms with van der Waals surface area (Å²) in [4.78, 5) is 12.6. The lowest BCUT2D eigenvalue weighted by molar-refractivity contribution is -0.114. The fourth-order valence-corrected chi connectivity index (χ4v) is 2.63. The van der Waals surface area contributed by atoms with Gasteiger partial charge in [0, 0.05) is 10.6 Å². The first kappa shape index (κ1) is 13.1. The highest BCUT2D eigenvalue weighted by atomic mass is 35.5. The third kappa shape index (κ3) is 2.09. The van der Waals surface area contributed by atoms with Crippen LogP contribution < -0.4 is 9.75 Å². The molecule has 0 saturated carbocycles. The number of anilines is 1. The van der Waals surface area contributed by atoms with Crippen LogP contribution in [0.2, 0.25) is 5.02 Å². The number of benzene rings is 2. The summed E-state index contributed by atoms with van der Waals surface area (Å²) in [5.74, 6) is 0.607. The fraction of sp³-hybridized carbons (Fsp3) is 0.0588. The molecule has 4 rings (SSSR count). The Morgan fingerprint density at radius 2 is 1.86 bits per heavy atom. The van der Waals surface area contributed by atoms with Gasteiger partial charge in [-0.25, -0.2) is 0 Å². The topological polar surface area (TPSA) is 41.9 Å². The lowest BCUT2D eigenvalue weighted by atomic mass is 10.1. The Hall–Kier alpha value is -2.59. The Morgan fingerprint density at radius 1 is 1.09 bits per heavy atom. The highest BCUT2D eigenvalue weighted by molar-refractivity contribution is 6.33. The average molecular weight is 311 g/mol. The van der Waals surface area contributed by atoms with E-state index in [9.17, 15) is 4.79 Å². The van der Waals surface area contributed by atoms with Gasteiger partial charge < -0.3 is 4.74 Å². The van der Waals surface area contributed by atoms with Crippen molar-refractivity contribution in [1.29, 1.82) is 0 Å². The van der Waals surface area contributed by atoms with Crippen LogP contribution in [-0.4, -0.2) is 18.2 Å². The molecular formula is C17H11ClN2O2. The molecule has 108 valence electrons. The molecule has 2 heterocycles. The largest absolute Gasteiger partial charge is 0.487 e. The highest BCUT2D eigenvalue weighted by Gasteiger charge is 2.33. The number of fused-ring (bicyclic) bond motifs is 2. The van der Waals surface area contributed by atoms with E-state index in [0.717, 1.165) is 11.3 Å². The van der Waals surface area contributed by atoms with E-state index in [-0.39, 0.29) is 12.5 Å². The van der Waals surface area contributed by atoms with Crippen molar-refractivity contribution in [3.05, 3.63) is 64.7 Å². The quantitative estimate of drug-likeness (QED) is 0.808. The van der Waals surface area contributed by atoms with Crippen LogP contribution in [0.5, 0.6) is 5.75 Å². The van der Waals surface area contributed by atoms with E-state index >= 15 is 0 Å². The summed E-state index contributed by atoms with van der Waals surface area (Å²) in [5.41, 5.74) is 2.77. The van der Waals surface area contributed by atoms with Crippen LogP contribution in [-0.2, 0) is 4.79 Å². The van der Waals surface area contributed by atoms with E-state index in [1.54, 1.807) is 24.3 Å². The Morgan fingerprint density at radius 3 is 2.68 bits per heavy atom. The van der Waals surface area contributed by atoms with Crippen LogP contribution in [0.15, 0.2) is 59.2 Å². The molecule has 0 fully saturated rings. The van der Waals surface area contributed by atoms with Crippen molar-refractivity contribution in [1.82, 2.24) is 0 Å². The van der Waals surface area contributed by atoms with Gasteiger partial charge in [0.05, 0.1) is 11.3 Å². The van der Waals surface area contributed by atoms with Crippen molar-refractivity contribution in [3.63, 3.8) is 0 Å². The summed E-state index contributed by atoms with van der Waals surface area (Å²) >= 11 is 5.88. The predicted octanol–water partition coefficient (Wildman–Crippen LogP) is 3.52. The number of para-hydroxylation sites is 1. The summed E-state index contributed by atoms with van der Waals surface area (Å²) in [6, 6.07) is 14.6. The molecule has 0 aromatic heterocycles. The monoisotopic (exact) mass is 310 g/mol. The number of amides is 1. The minimum atomic E-state index is -0.155. The molecule has 0 N–H and O–H groups in total. The molecule has 0 unspecified atom stereocenters. The van der Waals surface area contributed by atoms with Gasteiger partial charge in [-0.3, -0.25) is 4.79 Å². The first-order valence-corrected chi connectivity index (χ1v) is 7.21. The summed E-state index contributed by atoms with van der Waals surface area (Å²) in [6.07, 6.45) is 1.83. The smallest absolute Gasteiger partial charge is 0.280 e. The van der Waals surface area contributed by atoms with Crippen LogP contribution in [0, 0.1) is 0 Å². The lowest BCUT2D eigenvalue weighted by Gasteiger charge is -2.11. The third-order valence-electron chi connectivity index (χ3n) is 3.61. The van der Waals surface area contributed by atoms with Crippen LogP contribution in [0.4, 0.5) is 5.69 Å². The fourth-order valence-electron chi connectivity index (χ4n) is 2.50. The maximum atomic E-state index is 12.6. The maximum absolute atomic E-state index is 12.6. The molecular weight excluding hydrogens is 300 g/mol.